The molecule has 6 nitrogen and oxygen atoms in total. The highest BCUT2D eigenvalue weighted by molar-refractivity contribution is 6.31. The first-order valence-corrected chi connectivity index (χ1v) is 11.0. The number of carbonyl (C=O) groups is 2. The summed E-state index contributed by atoms with van der Waals surface area (Å²) in [5, 5.41) is 5.75. The molecule has 0 bridgehead atoms. The van der Waals surface area contributed by atoms with Crippen LogP contribution in [0.25, 0.3) is 11.0 Å². The molecule has 0 aliphatic carbocycles. The summed E-state index contributed by atoms with van der Waals surface area (Å²) in [5.74, 6) is -0.857. The third-order valence-electron chi connectivity index (χ3n) is 5.47. The SMILES string of the molecule is CCc1nc2c(C(=O)Nc3cccc(Cl)c3C)cc(NC(=O)c3ccccc3C(F)(F)F)cc2[nH]1. The van der Waals surface area contributed by atoms with Gasteiger partial charge in [0.25, 0.3) is 11.8 Å². The lowest BCUT2D eigenvalue weighted by Crippen LogP contribution is -2.19. The van der Waals surface area contributed by atoms with Gasteiger partial charge in [-0.3, -0.25) is 9.59 Å². The molecule has 0 unspecified atom stereocenters. The van der Waals surface area contributed by atoms with Crippen LogP contribution in [0.1, 0.15) is 44.6 Å². The largest absolute Gasteiger partial charge is 0.417 e. The lowest BCUT2D eigenvalue weighted by Gasteiger charge is -2.14. The van der Waals surface area contributed by atoms with Crippen LogP contribution in [0.3, 0.4) is 0 Å². The molecule has 10 heteroatoms. The Hall–Kier alpha value is -3.85. The van der Waals surface area contributed by atoms with Gasteiger partial charge >= 0.3 is 6.18 Å². The Kier molecular flexibility index (Phi) is 6.53. The van der Waals surface area contributed by atoms with E-state index in [1.165, 1.54) is 24.3 Å². The molecule has 0 aliphatic rings. The maximum atomic E-state index is 13.4. The lowest BCUT2D eigenvalue weighted by atomic mass is 10.1. The van der Waals surface area contributed by atoms with Crippen molar-refractivity contribution in [2.24, 2.45) is 0 Å². The second kappa shape index (κ2) is 9.42. The van der Waals surface area contributed by atoms with Crippen LogP contribution in [0.5, 0.6) is 0 Å². The monoisotopic (exact) mass is 500 g/mol. The van der Waals surface area contributed by atoms with E-state index < -0.39 is 29.1 Å². The van der Waals surface area contributed by atoms with Crippen LogP contribution in [0.4, 0.5) is 24.5 Å². The molecule has 0 fully saturated rings. The lowest BCUT2D eigenvalue weighted by molar-refractivity contribution is -0.137. The number of imidazole rings is 1. The third kappa shape index (κ3) is 5.00. The molecule has 0 aliphatic heterocycles. The second-order valence-electron chi connectivity index (χ2n) is 7.82. The predicted molar refractivity (Wildman–Crippen MR) is 129 cm³/mol. The minimum absolute atomic E-state index is 0.136. The van der Waals surface area contributed by atoms with Gasteiger partial charge in [-0.15, -0.1) is 0 Å². The van der Waals surface area contributed by atoms with Crippen molar-refractivity contribution < 1.29 is 22.8 Å². The molecule has 2 amide bonds. The van der Waals surface area contributed by atoms with E-state index >= 15 is 0 Å². The number of nitrogens with zero attached hydrogens (tertiary/aromatic N) is 1. The number of alkyl halides is 3. The Morgan fingerprint density at radius 3 is 2.43 bits per heavy atom. The van der Waals surface area contributed by atoms with E-state index in [0.29, 0.717) is 39.6 Å². The molecule has 35 heavy (non-hydrogen) atoms. The number of aromatic nitrogens is 2. The number of benzene rings is 3. The first-order chi connectivity index (χ1) is 16.6. The van der Waals surface area contributed by atoms with Crippen LogP contribution in [0.15, 0.2) is 54.6 Å². The van der Waals surface area contributed by atoms with Crippen LogP contribution in [-0.2, 0) is 12.6 Å². The van der Waals surface area contributed by atoms with E-state index in [-0.39, 0.29) is 11.3 Å². The van der Waals surface area contributed by atoms with Crippen LogP contribution < -0.4 is 10.6 Å². The second-order valence-corrected chi connectivity index (χ2v) is 8.23. The summed E-state index contributed by atoms with van der Waals surface area (Å²) in [6.07, 6.45) is -4.14. The first kappa shape index (κ1) is 24.3. The number of amides is 2. The average molecular weight is 501 g/mol. The van der Waals surface area contributed by atoms with E-state index in [0.717, 1.165) is 12.1 Å². The number of anilines is 2. The number of hydrogen-bond acceptors (Lipinski definition) is 3. The number of H-pyrrole nitrogens is 1. The molecule has 0 saturated heterocycles. The smallest absolute Gasteiger partial charge is 0.342 e. The molecular formula is C25H20ClF3N4O2. The molecule has 3 N–H and O–H groups in total. The highest BCUT2D eigenvalue weighted by Crippen LogP contribution is 2.33. The molecule has 0 saturated carbocycles. The van der Waals surface area contributed by atoms with Gasteiger partial charge in [0.05, 0.1) is 22.2 Å². The minimum Gasteiger partial charge on any atom is -0.342 e. The summed E-state index contributed by atoms with van der Waals surface area (Å²) < 4.78 is 40.1. The zero-order chi connectivity index (χ0) is 25.3. The molecule has 1 aromatic heterocycles. The number of hydrogen-bond donors (Lipinski definition) is 3. The summed E-state index contributed by atoms with van der Waals surface area (Å²) in [6, 6.07) is 12.5. The van der Waals surface area contributed by atoms with Gasteiger partial charge in [0.1, 0.15) is 11.3 Å². The zero-order valence-electron chi connectivity index (χ0n) is 18.7. The van der Waals surface area contributed by atoms with Gasteiger partial charge < -0.3 is 15.6 Å². The van der Waals surface area contributed by atoms with Crippen molar-refractivity contribution in [2.75, 3.05) is 10.6 Å². The van der Waals surface area contributed by atoms with Gasteiger partial charge in [-0.25, -0.2) is 4.98 Å². The van der Waals surface area contributed by atoms with Crippen LogP contribution >= 0.6 is 11.6 Å². The minimum atomic E-state index is -4.70. The van der Waals surface area contributed by atoms with Gasteiger partial charge in [0.15, 0.2) is 0 Å². The maximum Gasteiger partial charge on any atom is 0.417 e. The molecule has 1 heterocycles. The summed E-state index contributed by atoms with van der Waals surface area (Å²) >= 11 is 6.15. The number of aromatic amines is 1. The van der Waals surface area contributed by atoms with E-state index in [4.69, 9.17) is 11.6 Å². The van der Waals surface area contributed by atoms with Gasteiger partial charge in [0, 0.05) is 22.8 Å². The van der Waals surface area contributed by atoms with Crippen molar-refractivity contribution >= 4 is 45.8 Å². The van der Waals surface area contributed by atoms with Gasteiger partial charge in [-0.05, 0) is 48.9 Å². The summed E-state index contributed by atoms with van der Waals surface area (Å²) in [4.78, 5) is 33.5. The van der Waals surface area contributed by atoms with Crippen molar-refractivity contribution in [3.05, 3.63) is 87.7 Å². The van der Waals surface area contributed by atoms with Crippen LogP contribution in [0, 0.1) is 6.92 Å². The van der Waals surface area contributed by atoms with E-state index in [2.05, 4.69) is 20.6 Å². The maximum absolute atomic E-state index is 13.4. The third-order valence-corrected chi connectivity index (χ3v) is 5.88. The normalized spacial score (nSPS) is 11.5. The van der Waals surface area contributed by atoms with Crippen molar-refractivity contribution in [3.63, 3.8) is 0 Å². The Morgan fingerprint density at radius 1 is 1.00 bits per heavy atom. The molecule has 3 aromatic carbocycles. The summed E-state index contributed by atoms with van der Waals surface area (Å²) in [7, 11) is 0. The topological polar surface area (TPSA) is 86.9 Å². The van der Waals surface area contributed by atoms with Crippen molar-refractivity contribution in [1.29, 1.82) is 0 Å². The standard InChI is InChI=1S/C25H20ClF3N4O2/c1-3-21-31-20-12-14(30-23(34)15-7-4-5-8-17(15)25(27,28)29)11-16(22(20)33-21)24(35)32-19-10-6-9-18(26)13(19)2/h4-12H,3H2,1-2H3,(H,30,34)(H,31,33)(H,32,35). The Morgan fingerprint density at radius 2 is 1.71 bits per heavy atom. The van der Waals surface area contributed by atoms with Crippen LogP contribution in [-0.4, -0.2) is 21.8 Å². The number of fused-ring (bicyclic) bond motifs is 1. The van der Waals surface area contributed by atoms with Gasteiger partial charge in [-0.2, -0.15) is 13.2 Å². The van der Waals surface area contributed by atoms with Crippen molar-refractivity contribution in [3.8, 4) is 0 Å². The number of carbonyl (C=O) groups excluding carboxylic acids is 2. The molecule has 0 radical (unpaired) electrons. The van der Waals surface area contributed by atoms with E-state index in [1.54, 1.807) is 25.1 Å². The molecule has 4 aromatic rings. The number of nitrogens with one attached hydrogen (secondary N) is 3. The fourth-order valence-corrected chi connectivity index (χ4v) is 3.82. The molecule has 0 spiro atoms. The fourth-order valence-electron chi connectivity index (χ4n) is 3.64. The van der Waals surface area contributed by atoms with E-state index in [9.17, 15) is 22.8 Å². The molecule has 0 atom stereocenters. The first-order valence-electron chi connectivity index (χ1n) is 10.6. The number of halogens is 4. The van der Waals surface area contributed by atoms with E-state index in [1.807, 2.05) is 6.92 Å². The molecule has 4 rings (SSSR count). The van der Waals surface area contributed by atoms with Crippen LogP contribution in [0.2, 0.25) is 5.02 Å². The fraction of sp³-hybridized carbons (Fsp3) is 0.160. The van der Waals surface area contributed by atoms with Crippen molar-refractivity contribution in [2.45, 2.75) is 26.4 Å². The molecular weight excluding hydrogens is 481 g/mol. The molecule has 180 valence electrons. The van der Waals surface area contributed by atoms with Crippen molar-refractivity contribution in [1.82, 2.24) is 9.97 Å². The average Bonchev–Trinajstić information content (AvgIpc) is 3.24. The van der Waals surface area contributed by atoms with Gasteiger partial charge in [-0.1, -0.05) is 36.7 Å². The Labute approximate surface area is 203 Å². The number of rotatable bonds is 5. The highest BCUT2D eigenvalue weighted by atomic mass is 35.5. The summed E-state index contributed by atoms with van der Waals surface area (Å²) in [5.41, 5.74) is 0.682. The predicted octanol–water partition coefficient (Wildman–Crippen LogP) is 6.61. The summed E-state index contributed by atoms with van der Waals surface area (Å²) in [6.45, 7) is 3.63. The quantitative estimate of drug-likeness (QED) is 0.288. The number of aryl methyl sites for hydroxylation is 1. The van der Waals surface area contributed by atoms with Gasteiger partial charge in [0.2, 0.25) is 0 Å². The Balaban J connectivity index is 1.73. The highest BCUT2D eigenvalue weighted by Gasteiger charge is 2.35. The Bertz CT molecular complexity index is 1450. The zero-order valence-corrected chi connectivity index (χ0v) is 19.4.